The molecule has 220 valence electrons. The molecule has 3 heterocycles. The fraction of sp³-hybridized carbons (Fsp3) is 0.500. The summed E-state index contributed by atoms with van der Waals surface area (Å²) in [5, 5.41) is 3.05. The second-order valence-electron chi connectivity index (χ2n) is 11.3. The minimum absolute atomic E-state index is 0.0367. The maximum absolute atomic E-state index is 12.8. The highest BCUT2D eigenvalue weighted by Crippen LogP contribution is 2.35. The van der Waals surface area contributed by atoms with Crippen LogP contribution < -0.4 is 5.32 Å². The molecule has 8 nitrogen and oxygen atoms in total. The first-order chi connectivity index (χ1) is 19.5. The first kappa shape index (κ1) is 28.9. The molecule has 5 rings (SSSR count). The number of hydrogen-bond acceptors (Lipinski definition) is 5. The van der Waals surface area contributed by atoms with Gasteiger partial charge in [-0.15, -0.1) is 0 Å². The summed E-state index contributed by atoms with van der Waals surface area (Å²) in [4.78, 5) is 42.6. The first-order valence-corrected chi connectivity index (χ1v) is 14.0. The molecule has 3 aliphatic rings. The van der Waals surface area contributed by atoms with Crippen LogP contribution in [0.3, 0.4) is 0 Å². The zero-order valence-corrected chi connectivity index (χ0v) is 23.1. The van der Waals surface area contributed by atoms with Crippen molar-refractivity contribution in [1.29, 1.82) is 0 Å². The lowest BCUT2D eigenvalue weighted by Crippen LogP contribution is -2.46. The van der Waals surface area contributed by atoms with E-state index in [2.05, 4.69) is 10.2 Å². The quantitative estimate of drug-likeness (QED) is 0.554. The molecule has 3 amide bonds. The van der Waals surface area contributed by atoms with E-state index in [1.54, 1.807) is 28.9 Å². The zero-order valence-electron chi connectivity index (χ0n) is 23.1. The lowest BCUT2D eigenvalue weighted by atomic mass is 9.91. The Balaban J connectivity index is 1.09. The van der Waals surface area contributed by atoms with Crippen molar-refractivity contribution in [2.75, 3.05) is 32.7 Å². The normalized spacial score (nSPS) is 19.9. The highest BCUT2D eigenvalue weighted by molar-refractivity contribution is 5.94. The van der Waals surface area contributed by atoms with E-state index in [0.29, 0.717) is 64.2 Å². The summed E-state index contributed by atoms with van der Waals surface area (Å²) in [6, 6.07) is 12.5. The van der Waals surface area contributed by atoms with Crippen molar-refractivity contribution in [3.8, 4) is 0 Å². The van der Waals surface area contributed by atoms with E-state index in [4.69, 9.17) is 4.74 Å². The summed E-state index contributed by atoms with van der Waals surface area (Å²) in [5.41, 5.74) is 1.03. The fourth-order valence-corrected chi connectivity index (χ4v) is 5.84. The Morgan fingerprint density at radius 1 is 0.927 bits per heavy atom. The third-order valence-corrected chi connectivity index (χ3v) is 8.36. The van der Waals surface area contributed by atoms with Gasteiger partial charge in [0.05, 0.1) is 12.1 Å². The molecule has 0 atom stereocenters. The Morgan fingerprint density at radius 3 is 2.10 bits per heavy atom. The van der Waals surface area contributed by atoms with Crippen molar-refractivity contribution in [2.45, 2.75) is 63.5 Å². The Morgan fingerprint density at radius 2 is 1.51 bits per heavy atom. The second kappa shape index (κ2) is 11.7. The van der Waals surface area contributed by atoms with Crippen molar-refractivity contribution in [2.24, 2.45) is 0 Å². The van der Waals surface area contributed by atoms with Gasteiger partial charge in [0.1, 0.15) is 5.60 Å². The van der Waals surface area contributed by atoms with E-state index in [1.165, 1.54) is 12.1 Å². The van der Waals surface area contributed by atoms with Crippen LogP contribution in [-0.4, -0.2) is 77.0 Å². The molecule has 11 heteroatoms. The molecule has 2 aromatic carbocycles. The number of carbonyl (C=O) groups is 3. The van der Waals surface area contributed by atoms with E-state index < -0.39 is 17.3 Å². The molecule has 3 aliphatic heterocycles. The molecule has 2 aromatic rings. The van der Waals surface area contributed by atoms with Gasteiger partial charge in [0.2, 0.25) is 5.91 Å². The van der Waals surface area contributed by atoms with Gasteiger partial charge in [-0.3, -0.25) is 19.4 Å². The number of rotatable bonds is 6. The molecule has 0 unspecified atom stereocenters. The first-order valence-electron chi connectivity index (χ1n) is 14.0. The lowest BCUT2D eigenvalue weighted by Gasteiger charge is -2.37. The van der Waals surface area contributed by atoms with Gasteiger partial charge < -0.3 is 15.0 Å². The minimum Gasteiger partial charge on any atom is -0.441 e. The molecule has 0 saturated carbocycles. The predicted molar refractivity (Wildman–Crippen MR) is 145 cm³/mol. The molecule has 0 radical (unpaired) electrons. The van der Waals surface area contributed by atoms with Crippen LogP contribution in [0.4, 0.5) is 18.0 Å². The molecular weight excluding hydrogens is 537 g/mol. The third-order valence-electron chi connectivity index (χ3n) is 8.36. The number of amides is 3. The SMILES string of the molecule is CC(=O)N1CCC(NC(=O)c2ccc(CN3CC4(CCN(Cc5ccc(C(F)(F)F)cc5)CC4)OC3=O)cc2)CC1. The minimum atomic E-state index is -4.35. The topological polar surface area (TPSA) is 82.2 Å². The smallest absolute Gasteiger partial charge is 0.416 e. The summed E-state index contributed by atoms with van der Waals surface area (Å²) in [5.74, 6) is -0.0965. The summed E-state index contributed by atoms with van der Waals surface area (Å²) in [7, 11) is 0. The Kier molecular flexibility index (Phi) is 8.26. The number of hydrogen-bond donors (Lipinski definition) is 1. The van der Waals surface area contributed by atoms with Crippen molar-refractivity contribution in [1.82, 2.24) is 20.0 Å². The summed E-state index contributed by atoms with van der Waals surface area (Å²) in [6.07, 6.45) is -1.94. The number of benzene rings is 2. The van der Waals surface area contributed by atoms with Crippen molar-refractivity contribution < 1.29 is 32.3 Å². The number of carbonyl (C=O) groups excluding carboxylic acids is 3. The highest BCUT2D eigenvalue weighted by atomic mass is 19.4. The third kappa shape index (κ3) is 7.01. The van der Waals surface area contributed by atoms with E-state index in [1.807, 2.05) is 12.1 Å². The molecule has 3 saturated heterocycles. The van der Waals surface area contributed by atoms with E-state index in [0.717, 1.165) is 36.1 Å². The number of alkyl halides is 3. The van der Waals surface area contributed by atoms with Crippen molar-refractivity contribution in [3.63, 3.8) is 0 Å². The van der Waals surface area contributed by atoms with Gasteiger partial charge in [-0.1, -0.05) is 24.3 Å². The molecule has 1 N–H and O–H groups in total. The predicted octanol–water partition coefficient (Wildman–Crippen LogP) is 4.43. The summed E-state index contributed by atoms with van der Waals surface area (Å²) in [6.45, 7) is 5.60. The van der Waals surface area contributed by atoms with Gasteiger partial charge >= 0.3 is 12.3 Å². The largest absolute Gasteiger partial charge is 0.441 e. The van der Waals surface area contributed by atoms with Crippen LogP contribution in [0.1, 0.15) is 59.7 Å². The Labute approximate surface area is 237 Å². The zero-order chi connectivity index (χ0) is 29.2. The van der Waals surface area contributed by atoms with Crippen LogP contribution in [0, 0.1) is 0 Å². The van der Waals surface area contributed by atoms with Crippen LogP contribution in [0.5, 0.6) is 0 Å². The maximum Gasteiger partial charge on any atom is 0.416 e. The number of likely N-dealkylation sites (tertiary alicyclic amines) is 2. The molecule has 41 heavy (non-hydrogen) atoms. The van der Waals surface area contributed by atoms with E-state index in [-0.39, 0.29) is 23.9 Å². The average molecular weight is 573 g/mol. The molecular formula is C30H35F3N4O4. The average Bonchev–Trinajstić information content (AvgIpc) is 3.24. The van der Waals surface area contributed by atoms with Crippen LogP contribution in [-0.2, 0) is 28.8 Å². The van der Waals surface area contributed by atoms with Gasteiger partial charge in [0, 0.05) is 70.6 Å². The van der Waals surface area contributed by atoms with Gasteiger partial charge in [0.15, 0.2) is 0 Å². The number of nitrogens with one attached hydrogen (secondary N) is 1. The Hall–Kier alpha value is -3.60. The summed E-state index contributed by atoms with van der Waals surface area (Å²) >= 11 is 0. The van der Waals surface area contributed by atoms with Crippen LogP contribution in [0.2, 0.25) is 0 Å². The molecule has 0 aliphatic carbocycles. The van der Waals surface area contributed by atoms with Crippen molar-refractivity contribution in [3.05, 3.63) is 70.8 Å². The van der Waals surface area contributed by atoms with Gasteiger partial charge in [-0.2, -0.15) is 13.2 Å². The van der Waals surface area contributed by atoms with E-state index >= 15 is 0 Å². The maximum atomic E-state index is 12.8. The Bertz CT molecular complexity index is 1250. The fourth-order valence-electron chi connectivity index (χ4n) is 5.84. The van der Waals surface area contributed by atoms with E-state index in [9.17, 15) is 27.6 Å². The van der Waals surface area contributed by atoms with Crippen molar-refractivity contribution >= 4 is 17.9 Å². The highest BCUT2D eigenvalue weighted by Gasteiger charge is 2.46. The van der Waals surface area contributed by atoms with Crippen LogP contribution in [0.15, 0.2) is 48.5 Å². The molecule has 3 fully saturated rings. The van der Waals surface area contributed by atoms with Gasteiger partial charge in [-0.25, -0.2) is 4.79 Å². The summed E-state index contributed by atoms with van der Waals surface area (Å²) < 4.78 is 44.3. The number of nitrogens with zero attached hydrogens (tertiary/aromatic N) is 3. The number of halogens is 3. The van der Waals surface area contributed by atoms with Crippen LogP contribution >= 0.6 is 0 Å². The molecule has 0 bridgehead atoms. The second-order valence-corrected chi connectivity index (χ2v) is 11.3. The monoisotopic (exact) mass is 572 g/mol. The number of ether oxygens (including phenoxy) is 1. The number of piperidine rings is 2. The molecule has 0 aromatic heterocycles. The van der Waals surface area contributed by atoms with Gasteiger partial charge in [0.25, 0.3) is 5.91 Å². The lowest BCUT2D eigenvalue weighted by molar-refractivity contribution is -0.137. The standard InChI is InChI=1S/C30H35F3N4O4/c1-21(38)36-14-10-26(11-15-36)34-27(39)24-6-2-23(3-7-24)19-37-20-29(41-28(37)40)12-16-35(17-13-29)18-22-4-8-25(9-5-22)30(31,32)33/h2-9,26H,10-20H2,1H3,(H,34,39). The molecule has 1 spiro atoms. The van der Waals surface area contributed by atoms with Crippen LogP contribution in [0.25, 0.3) is 0 Å². The van der Waals surface area contributed by atoms with Gasteiger partial charge in [-0.05, 0) is 48.2 Å².